The third kappa shape index (κ3) is 36.2. The zero-order valence-corrected chi connectivity index (χ0v) is 43.2. The molecule has 0 saturated heterocycles. The van der Waals surface area contributed by atoms with Gasteiger partial charge in [-0.3, -0.25) is 9.59 Å². The van der Waals surface area contributed by atoms with Crippen molar-refractivity contribution in [1.29, 1.82) is 0 Å². The monoisotopic (exact) mass is 902 g/mol. The van der Waals surface area contributed by atoms with Gasteiger partial charge in [0.05, 0.1) is 0 Å². The predicted molar refractivity (Wildman–Crippen MR) is 272 cm³/mol. The quantitative estimate of drug-likeness (QED) is 0.0514. The molecular weight excluding hydrogens is 795 g/mol. The number of hydrogen-bond acceptors (Lipinski definition) is 7. The number of aromatic nitrogens is 2. The number of carbonyl (C=O) groups excluding carboxylic acids is 2. The molecule has 1 heterocycles. The molecule has 0 radical (unpaired) electrons. The topological polar surface area (TPSA) is 93.9 Å². The van der Waals surface area contributed by atoms with Gasteiger partial charge in [-0.05, 0) is 90.1 Å². The number of ether oxygens (including phenoxy) is 2. The summed E-state index contributed by atoms with van der Waals surface area (Å²) in [5.74, 6) is 0.718. The van der Waals surface area contributed by atoms with Gasteiger partial charge >= 0.3 is 11.9 Å². The lowest BCUT2D eigenvalue weighted by Gasteiger charge is -2.25. The van der Waals surface area contributed by atoms with Crippen molar-refractivity contribution in [2.24, 2.45) is 7.05 Å². The van der Waals surface area contributed by atoms with E-state index in [4.69, 9.17) is 9.47 Å². The van der Waals surface area contributed by atoms with Gasteiger partial charge in [-0.2, -0.15) is 0 Å². The molecule has 0 amide bonds. The number of nitrogens with zero attached hydrogens (tertiary/aromatic N) is 3. The molecule has 3 unspecified atom stereocenters. The van der Waals surface area contributed by atoms with Crippen LogP contribution in [0.25, 0.3) is 0 Å². The summed E-state index contributed by atoms with van der Waals surface area (Å²) in [6, 6.07) is 0. The lowest BCUT2D eigenvalue weighted by molar-refractivity contribution is -0.151. The summed E-state index contributed by atoms with van der Waals surface area (Å²) in [6.45, 7) is 11.5. The molecule has 64 heavy (non-hydrogen) atoms. The van der Waals surface area contributed by atoms with Gasteiger partial charge in [-0.25, -0.2) is 4.98 Å². The van der Waals surface area contributed by atoms with E-state index in [1.165, 1.54) is 154 Å². The van der Waals surface area contributed by atoms with E-state index >= 15 is 0 Å². The number of aliphatic hydroxyl groups is 1. The minimum absolute atomic E-state index is 0.00195. The molecule has 0 spiro atoms. The minimum atomic E-state index is -0.617. The van der Waals surface area contributed by atoms with Gasteiger partial charge in [0.2, 0.25) is 0 Å². The summed E-state index contributed by atoms with van der Waals surface area (Å²) < 4.78 is 14.1. The standard InChI is InChI=1S/C56H107N3O5/c1-6-10-14-18-20-26-34-42-51(40-32-24-16-12-8-3)63-54(61)44-36-28-22-30-38-47-59(50-53(60)56-57-46-49-58(56)5)48-39-31-23-29-37-45-55(62)64-52(41-33-25-17-13-9-4)43-35-27-21-19-15-11-7-2/h46,49,51-53,60H,6-45,47-48,50H2,1-5H3. The Morgan fingerprint density at radius 2 is 0.812 bits per heavy atom. The Morgan fingerprint density at radius 1 is 0.500 bits per heavy atom. The normalized spacial score (nSPS) is 13.1. The average Bonchev–Trinajstić information content (AvgIpc) is 3.72. The third-order valence-electron chi connectivity index (χ3n) is 13.4. The molecule has 1 aromatic heterocycles. The fraction of sp³-hybridized carbons (Fsp3) is 0.911. The molecule has 0 aromatic carbocycles. The summed E-state index contributed by atoms with van der Waals surface area (Å²) in [5.41, 5.74) is 0. The highest BCUT2D eigenvalue weighted by atomic mass is 16.5. The van der Waals surface area contributed by atoms with Crippen LogP contribution < -0.4 is 0 Å². The number of hydrogen-bond donors (Lipinski definition) is 1. The number of imidazole rings is 1. The zero-order chi connectivity index (χ0) is 46.6. The van der Waals surface area contributed by atoms with Crippen molar-refractivity contribution in [3.05, 3.63) is 18.2 Å². The molecule has 0 aliphatic rings. The predicted octanol–water partition coefficient (Wildman–Crippen LogP) is 16.3. The minimum Gasteiger partial charge on any atom is -0.462 e. The molecule has 1 aromatic rings. The van der Waals surface area contributed by atoms with E-state index in [2.05, 4.69) is 37.6 Å². The lowest BCUT2D eigenvalue weighted by atomic mass is 10.0. The van der Waals surface area contributed by atoms with Crippen LogP contribution in [-0.4, -0.2) is 63.3 Å². The Kier molecular flexibility index (Phi) is 42.1. The highest BCUT2D eigenvalue weighted by Gasteiger charge is 2.18. The molecule has 8 nitrogen and oxygen atoms in total. The third-order valence-corrected chi connectivity index (χ3v) is 13.4. The van der Waals surface area contributed by atoms with Gasteiger partial charge in [0.15, 0.2) is 0 Å². The maximum Gasteiger partial charge on any atom is 0.306 e. The number of aryl methyl sites for hydroxylation is 1. The largest absolute Gasteiger partial charge is 0.462 e. The highest BCUT2D eigenvalue weighted by Crippen LogP contribution is 2.21. The van der Waals surface area contributed by atoms with Crippen LogP contribution in [-0.2, 0) is 26.1 Å². The molecule has 1 N–H and O–H groups in total. The van der Waals surface area contributed by atoms with Crippen LogP contribution in [0.15, 0.2) is 12.4 Å². The first-order valence-electron chi connectivity index (χ1n) is 28.1. The lowest BCUT2D eigenvalue weighted by Crippen LogP contribution is -2.31. The average molecular weight is 902 g/mol. The van der Waals surface area contributed by atoms with Crippen molar-refractivity contribution in [3.63, 3.8) is 0 Å². The van der Waals surface area contributed by atoms with E-state index in [0.29, 0.717) is 25.2 Å². The maximum atomic E-state index is 12.9. The number of esters is 2. The van der Waals surface area contributed by atoms with Gasteiger partial charge < -0.3 is 24.0 Å². The van der Waals surface area contributed by atoms with Crippen molar-refractivity contribution >= 4 is 11.9 Å². The van der Waals surface area contributed by atoms with Crippen LogP contribution in [0.4, 0.5) is 0 Å². The molecule has 1 rings (SSSR count). The summed E-state index contributed by atoms with van der Waals surface area (Å²) in [4.78, 5) is 32.6. The SMILES string of the molecule is CCCCCCCCCC(CCCCCCC)OC(=O)CCCCCCCN(CCCCCCCC(=O)OC(CCCCCCC)CCCCCCCCC)CC(O)c1nccn1C. The number of unbranched alkanes of at least 4 members (excludes halogenated alkanes) is 28. The van der Waals surface area contributed by atoms with Gasteiger partial charge in [0.25, 0.3) is 0 Å². The Morgan fingerprint density at radius 3 is 1.14 bits per heavy atom. The van der Waals surface area contributed by atoms with E-state index < -0.39 is 6.10 Å². The fourth-order valence-corrected chi connectivity index (χ4v) is 9.21. The molecule has 0 aliphatic heterocycles. The van der Waals surface area contributed by atoms with Crippen molar-refractivity contribution in [1.82, 2.24) is 14.5 Å². The van der Waals surface area contributed by atoms with E-state index in [1.54, 1.807) is 6.20 Å². The van der Waals surface area contributed by atoms with Crippen LogP contribution in [0.1, 0.15) is 296 Å². The molecule has 8 heteroatoms. The number of aliphatic hydroxyl groups excluding tert-OH is 1. The van der Waals surface area contributed by atoms with Crippen molar-refractivity contribution in [2.45, 2.75) is 303 Å². The molecule has 376 valence electrons. The first kappa shape index (κ1) is 60.1. The molecule has 0 fully saturated rings. The number of rotatable bonds is 49. The number of carbonyl (C=O) groups is 2. The second-order valence-corrected chi connectivity index (χ2v) is 19.7. The maximum absolute atomic E-state index is 12.9. The first-order valence-corrected chi connectivity index (χ1v) is 28.1. The molecule has 0 saturated carbocycles. The van der Waals surface area contributed by atoms with Gasteiger partial charge in [0, 0.05) is 38.8 Å². The van der Waals surface area contributed by atoms with Crippen molar-refractivity contribution in [2.75, 3.05) is 19.6 Å². The first-order chi connectivity index (χ1) is 31.3. The highest BCUT2D eigenvalue weighted by molar-refractivity contribution is 5.69. The summed E-state index contributed by atoms with van der Waals surface area (Å²) in [6.07, 6.45) is 49.5. The fourth-order valence-electron chi connectivity index (χ4n) is 9.21. The smallest absolute Gasteiger partial charge is 0.306 e. The van der Waals surface area contributed by atoms with E-state index in [-0.39, 0.29) is 24.1 Å². The Balaban J connectivity index is 2.43. The van der Waals surface area contributed by atoms with Crippen LogP contribution in [0.2, 0.25) is 0 Å². The second-order valence-electron chi connectivity index (χ2n) is 19.7. The van der Waals surface area contributed by atoms with Crippen LogP contribution in [0.5, 0.6) is 0 Å². The molecule has 0 aliphatic carbocycles. The van der Waals surface area contributed by atoms with Crippen molar-refractivity contribution in [3.8, 4) is 0 Å². The van der Waals surface area contributed by atoms with E-state index in [0.717, 1.165) is 103 Å². The van der Waals surface area contributed by atoms with Crippen LogP contribution in [0, 0.1) is 0 Å². The Labute approximate surface area is 397 Å². The van der Waals surface area contributed by atoms with Gasteiger partial charge in [-0.1, -0.05) is 195 Å². The van der Waals surface area contributed by atoms with E-state index in [9.17, 15) is 14.7 Å². The Bertz CT molecular complexity index is 1100. The second kappa shape index (κ2) is 44.9. The molecular formula is C56H107N3O5. The zero-order valence-electron chi connectivity index (χ0n) is 43.2. The summed E-state index contributed by atoms with van der Waals surface area (Å²) in [5, 5.41) is 11.1. The summed E-state index contributed by atoms with van der Waals surface area (Å²) >= 11 is 0. The van der Waals surface area contributed by atoms with Crippen LogP contribution >= 0.6 is 0 Å². The van der Waals surface area contributed by atoms with Gasteiger partial charge in [0.1, 0.15) is 24.1 Å². The molecule has 3 atom stereocenters. The van der Waals surface area contributed by atoms with E-state index in [1.807, 2.05) is 17.8 Å². The summed E-state index contributed by atoms with van der Waals surface area (Å²) in [7, 11) is 1.94. The van der Waals surface area contributed by atoms with Crippen molar-refractivity contribution < 1.29 is 24.2 Å². The van der Waals surface area contributed by atoms with Gasteiger partial charge in [-0.15, -0.1) is 0 Å². The molecule has 0 bridgehead atoms. The van der Waals surface area contributed by atoms with Crippen LogP contribution in [0.3, 0.4) is 0 Å². The Hall–Kier alpha value is -1.93.